The van der Waals surface area contributed by atoms with E-state index >= 15 is 0 Å². The van der Waals surface area contributed by atoms with E-state index in [2.05, 4.69) is 25.6 Å². The third-order valence-electron chi connectivity index (χ3n) is 2.38. The van der Waals surface area contributed by atoms with E-state index in [1.165, 1.54) is 0 Å². The lowest BCUT2D eigenvalue weighted by molar-refractivity contribution is 0.222. The van der Waals surface area contributed by atoms with Gasteiger partial charge in [0.05, 0.1) is 21.8 Å². The molecule has 0 amide bonds. The van der Waals surface area contributed by atoms with E-state index in [1.54, 1.807) is 25.2 Å². The van der Waals surface area contributed by atoms with Crippen LogP contribution in [0.2, 0.25) is 10.0 Å². The van der Waals surface area contributed by atoms with Gasteiger partial charge in [-0.2, -0.15) is 15.0 Å². The van der Waals surface area contributed by atoms with Crippen LogP contribution in [-0.4, -0.2) is 28.1 Å². The molecule has 6 nitrogen and oxygen atoms in total. The Morgan fingerprint density at radius 2 is 1.67 bits per heavy atom. The quantitative estimate of drug-likeness (QED) is 0.871. The highest BCUT2D eigenvalue weighted by Gasteiger charge is 2.11. The Morgan fingerprint density at radius 3 is 2.24 bits per heavy atom. The molecule has 112 valence electrons. The van der Waals surface area contributed by atoms with Crippen LogP contribution in [-0.2, 0) is 0 Å². The summed E-state index contributed by atoms with van der Waals surface area (Å²) in [6.07, 6.45) is -0.0474. The average Bonchev–Trinajstić information content (AvgIpc) is 2.42. The molecule has 1 aromatic carbocycles. The summed E-state index contributed by atoms with van der Waals surface area (Å²) < 4.78 is 5.49. The first-order valence-electron chi connectivity index (χ1n) is 6.31. The number of nitrogens with zero attached hydrogens (tertiary/aromatic N) is 3. The molecular weight excluding hydrogens is 313 g/mol. The third kappa shape index (κ3) is 4.09. The van der Waals surface area contributed by atoms with Gasteiger partial charge in [0.25, 0.3) is 0 Å². The number of benzene rings is 1. The van der Waals surface area contributed by atoms with Gasteiger partial charge in [-0.25, -0.2) is 0 Å². The van der Waals surface area contributed by atoms with Gasteiger partial charge in [-0.15, -0.1) is 0 Å². The molecule has 0 aliphatic rings. The summed E-state index contributed by atoms with van der Waals surface area (Å²) in [7, 11) is 1.71. The van der Waals surface area contributed by atoms with Gasteiger partial charge >= 0.3 is 6.01 Å². The Balaban J connectivity index is 2.35. The average molecular weight is 328 g/mol. The van der Waals surface area contributed by atoms with Crippen molar-refractivity contribution in [1.82, 2.24) is 15.0 Å². The van der Waals surface area contributed by atoms with Crippen molar-refractivity contribution in [1.29, 1.82) is 0 Å². The lowest BCUT2D eigenvalue weighted by Gasteiger charge is -2.12. The van der Waals surface area contributed by atoms with Crippen molar-refractivity contribution >= 4 is 40.8 Å². The van der Waals surface area contributed by atoms with Gasteiger partial charge in [0.1, 0.15) is 0 Å². The van der Waals surface area contributed by atoms with Crippen LogP contribution < -0.4 is 15.4 Å². The van der Waals surface area contributed by atoms with E-state index in [9.17, 15) is 0 Å². The fourth-order valence-electron chi connectivity index (χ4n) is 1.52. The van der Waals surface area contributed by atoms with E-state index in [0.717, 1.165) is 0 Å². The van der Waals surface area contributed by atoms with Crippen LogP contribution in [0.4, 0.5) is 17.6 Å². The maximum absolute atomic E-state index is 6.11. The zero-order valence-electron chi connectivity index (χ0n) is 11.8. The first-order valence-corrected chi connectivity index (χ1v) is 7.06. The summed E-state index contributed by atoms with van der Waals surface area (Å²) >= 11 is 12.2. The van der Waals surface area contributed by atoms with E-state index in [1.807, 2.05) is 13.8 Å². The van der Waals surface area contributed by atoms with Crippen molar-refractivity contribution in [3.63, 3.8) is 0 Å². The Kier molecular flexibility index (Phi) is 5.03. The second kappa shape index (κ2) is 6.78. The minimum Gasteiger partial charge on any atom is -0.461 e. The number of hydrogen-bond acceptors (Lipinski definition) is 6. The largest absolute Gasteiger partial charge is 0.461 e. The lowest BCUT2D eigenvalue weighted by Crippen LogP contribution is -2.12. The molecule has 2 rings (SSSR count). The summed E-state index contributed by atoms with van der Waals surface area (Å²) in [4.78, 5) is 12.5. The second-order valence-electron chi connectivity index (χ2n) is 4.40. The minimum atomic E-state index is -0.0474. The lowest BCUT2D eigenvalue weighted by atomic mass is 10.3. The van der Waals surface area contributed by atoms with Crippen LogP contribution in [0, 0.1) is 0 Å². The Bertz CT molecular complexity index is 616. The molecular formula is C13H15Cl2N5O. The molecule has 0 spiro atoms. The summed E-state index contributed by atoms with van der Waals surface area (Å²) in [6, 6.07) is 5.42. The number of aromatic nitrogens is 3. The minimum absolute atomic E-state index is 0.0474. The molecule has 0 saturated heterocycles. The zero-order chi connectivity index (χ0) is 15.4. The molecule has 0 radical (unpaired) electrons. The highest BCUT2D eigenvalue weighted by Crippen LogP contribution is 2.32. The number of hydrogen-bond donors (Lipinski definition) is 2. The Morgan fingerprint density at radius 1 is 1.05 bits per heavy atom. The molecule has 0 aliphatic heterocycles. The smallest absolute Gasteiger partial charge is 0.323 e. The van der Waals surface area contributed by atoms with Gasteiger partial charge in [-0.1, -0.05) is 29.3 Å². The predicted octanol–water partition coefficient (Wildman–Crippen LogP) is 3.75. The van der Waals surface area contributed by atoms with Gasteiger partial charge in [0.15, 0.2) is 0 Å². The van der Waals surface area contributed by atoms with Crippen molar-refractivity contribution in [2.75, 3.05) is 17.7 Å². The molecule has 0 bridgehead atoms. The number of rotatable bonds is 5. The molecule has 0 saturated carbocycles. The predicted molar refractivity (Wildman–Crippen MR) is 84.9 cm³/mol. The van der Waals surface area contributed by atoms with E-state index in [-0.39, 0.29) is 12.1 Å². The van der Waals surface area contributed by atoms with Gasteiger partial charge in [0, 0.05) is 7.05 Å². The van der Waals surface area contributed by atoms with E-state index in [0.29, 0.717) is 27.6 Å². The topological polar surface area (TPSA) is 72.0 Å². The first-order chi connectivity index (χ1) is 9.99. The number of nitrogens with one attached hydrogen (secondary N) is 2. The molecule has 1 heterocycles. The maximum atomic E-state index is 6.11. The Hall–Kier alpha value is -1.79. The highest BCUT2D eigenvalue weighted by atomic mass is 35.5. The monoisotopic (exact) mass is 327 g/mol. The second-order valence-corrected chi connectivity index (χ2v) is 5.22. The van der Waals surface area contributed by atoms with Crippen LogP contribution in [0.5, 0.6) is 6.01 Å². The first kappa shape index (κ1) is 15.6. The standard InChI is InChI=1S/C13H15Cl2N5O/c1-7(2)21-13-19-11(16-3)18-12(20-13)17-10-8(14)5-4-6-9(10)15/h4-7H,1-3H3,(H2,16,17,18,19,20). The van der Waals surface area contributed by atoms with Crippen LogP contribution in [0.3, 0.4) is 0 Å². The van der Waals surface area contributed by atoms with Crippen LogP contribution in [0.15, 0.2) is 18.2 Å². The summed E-state index contributed by atoms with van der Waals surface area (Å²) in [5.41, 5.74) is 0.532. The van der Waals surface area contributed by atoms with Gasteiger partial charge in [-0.3, -0.25) is 0 Å². The summed E-state index contributed by atoms with van der Waals surface area (Å²) in [6.45, 7) is 3.78. The van der Waals surface area contributed by atoms with Crippen molar-refractivity contribution in [2.45, 2.75) is 20.0 Å². The van der Waals surface area contributed by atoms with Crippen LogP contribution in [0.25, 0.3) is 0 Å². The van der Waals surface area contributed by atoms with Crippen molar-refractivity contribution in [2.24, 2.45) is 0 Å². The maximum Gasteiger partial charge on any atom is 0.323 e. The fraction of sp³-hybridized carbons (Fsp3) is 0.308. The van der Waals surface area contributed by atoms with E-state index < -0.39 is 0 Å². The molecule has 0 unspecified atom stereocenters. The summed E-state index contributed by atoms with van der Waals surface area (Å²) in [5.74, 6) is 0.673. The van der Waals surface area contributed by atoms with Crippen LogP contribution >= 0.6 is 23.2 Å². The fourth-order valence-corrected chi connectivity index (χ4v) is 2.01. The molecule has 1 aromatic heterocycles. The molecule has 21 heavy (non-hydrogen) atoms. The van der Waals surface area contributed by atoms with Crippen molar-refractivity contribution in [3.05, 3.63) is 28.2 Å². The molecule has 0 atom stereocenters. The SMILES string of the molecule is CNc1nc(Nc2c(Cl)cccc2Cl)nc(OC(C)C)n1. The van der Waals surface area contributed by atoms with Gasteiger partial charge in [-0.05, 0) is 26.0 Å². The van der Waals surface area contributed by atoms with Crippen molar-refractivity contribution in [3.8, 4) is 6.01 Å². The molecule has 2 aromatic rings. The number of para-hydroxylation sites is 1. The van der Waals surface area contributed by atoms with Crippen LogP contribution in [0.1, 0.15) is 13.8 Å². The number of ether oxygens (including phenoxy) is 1. The normalized spacial score (nSPS) is 10.6. The molecule has 0 aliphatic carbocycles. The van der Waals surface area contributed by atoms with E-state index in [4.69, 9.17) is 27.9 Å². The highest BCUT2D eigenvalue weighted by molar-refractivity contribution is 6.39. The van der Waals surface area contributed by atoms with Gasteiger partial charge in [0.2, 0.25) is 11.9 Å². The third-order valence-corrected chi connectivity index (χ3v) is 3.01. The number of anilines is 3. The van der Waals surface area contributed by atoms with Gasteiger partial charge < -0.3 is 15.4 Å². The molecule has 0 fully saturated rings. The zero-order valence-corrected chi connectivity index (χ0v) is 13.3. The molecule has 2 N–H and O–H groups in total. The molecule has 8 heteroatoms. The van der Waals surface area contributed by atoms with Crippen molar-refractivity contribution < 1.29 is 4.74 Å². The number of halogens is 2. The Labute approximate surface area is 132 Å². The summed E-state index contributed by atoms with van der Waals surface area (Å²) in [5, 5.41) is 6.78.